The first-order valence-corrected chi connectivity index (χ1v) is 12.8. The summed E-state index contributed by atoms with van der Waals surface area (Å²) in [5.74, 6) is 2.75. The Hall–Kier alpha value is -0.970. The Balaban J connectivity index is 2.10. The molecule has 0 N–H and O–H groups in total. The van der Waals surface area contributed by atoms with Crippen molar-refractivity contribution in [2.24, 2.45) is 0 Å². The van der Waals surface area contributed by atoms with Crippen LogP contribution in [0, 0.1) is 13.8 Å². The van der Waals surface area contributed by atoms with Crippen molar-refractivity contribution in [1.82, 2.24) is 0 Å². The van der Waals surface area contributed by atoms with Crippen LogP contribution in [0.2, 0.25) is 0 Å². The van der Waals surface area contributed by atoms with Crippen molar-refractivity contribution >= 4 is 35.1 Å². The van der Waals surface area contributed by atoms with Crippen LogP contribution in [-0.2, 0) is 10.8 Å². The first kappa shape index (κ1) is 23.7. The second kappa shape index (κ2) is 8.88. The lowest BCUT2D eigenvalue weighted by atomic mass is 9.85. The van der Waals surface area contributed by atoms with Crippen LogP contribution in [0.5, 0.6) is 11.5 Å². The Morgan fingerprint density at radius 3 is 1.43 bits per heavy atom. The number of ether oxygens (including phenoxy) is 2. The molecule has 0 aromatic heterocycles. The molecule has 0 fully saturated rings. The van der Waals surface area contributed by atoms with Gasteiger partial charge in [-0.25, -0.2) is 0 Å². The van der Waals surface area contributed by atoms with Gasteiger partial charge in [0.1, 0.15) is 11.5 Å². The van der Waals surface area contributed by atoms with Gasteiger partial charge in [-0.3, -0.25) is 0 Å². The summed E-state index contributed by atoms with van der Waals surface area (Å²) in [5, 5.41) is 0. The first-order chi connectivity index (χ1) is 13.9. The molecule has 0 spiro atoms. The average Bonchev–Trinajstić information content (AvgIpc) is 2.62. The van der Waals surface area contributed by atoms with Crippen LogP contribution in [0.3, 0.4) is 0 Å². The molecule has 0 aliphatic carbocycles. The van der Waals surface area contributed by atoms with E-state index < -0.39 is 5.75 Å². The van der Waals surface area contributed by atoms with Crippen molar-refractivity contribution in [3.8, 4) is 11.5 Å². The lowest BCUT2D eigenvalue weighted by Crippen LogP contribution is -2.23. The van der Waals surface area contributed by atoms with Crippen molar-refractivity contribution in [3.63, 3.8) is 0 Å². The summed E-state index contributed by atoms with van der Waals surface area (Å²) >= 11 is 10.3. The molecule has 3 rings (SSSR count). The zero-order valence-electron chi connectivity index (χ0n) is 19.3. The Morgan fingerprint density at radius 2 is 1.10 bits per heavy atom. The molecule has 164 valence electrons. The fraction of sp³-hybridized carbons (Fsp3) is 0.520. The number of aryl methyl sites for hydroxylation is 2. The molecule has 5 heteroatoms. The second-order valence-electron chi connectivity index (χ2n) is 9.99. The maximum absolute atomic E-state index is 6.69. The van der Waals surface area contributed by atoms with Crippen molar-refractivity contribution < 1.29 is 9.47 Å². The Bertz CT molecular complexity index is 851. The summed E-state index contributed by atoms with van der Waals surface area (Å²) in [6.45, 7) is 17.5. The van der Waals surface area contributed by atoms with Crippen LogP contribution >= 0.6 is 35.1 Å². The van der Waals surface area contributed by atoms with E-state index in [1.54, 1.807) is 0 Å². The summed E-state index contributed by atoms with van der Waals surface area (Å²) in [4.78, 5) is 2.26. The van der Waals surface area contributed by atoms with Crippen LogP contribution in [0.15, 0.2) is 34.1 Å². The quantitative estimate of drug-likeness (QED) is 0.366. The highest BCUT2D eigenvalue weighted by atomic mass is 35.5. The molecule has 2 aromatic carbocycles. The highest BCUT2D eigenvalue weighted by Crippen LogP contribution is 2.45. The van der Waals surface area contributed by atoms with E-state index in [0.29, 0.717) is 0 Å². The average molecular weight is 465 g/mol. The largest absolute Gasteiger partial charge is 0.440 e. The number of halogens is 1. The predicted molar refractivity (Wildman–Crippen MR) is 132 cm³/mol. The van der Waals surface area contributed by atoms with Crippen LogP contribution < -0.4 is 9.47 Å². The highest BCUT2D eigenvalue weighted by molar-refractivity contribution is 8.03. The number of benzene rings is 2. The lowest BCUT2D eigenvalue weighted by molar-refractivity contribution is 0.0687. The van der Waals surface area contributed by atoms with Gasteiger partial charge < -0.3 is 9.47 Å². The van der Waals surface area contributed by atoms with Gasteiger partial charge in [-0.15, -0.1) is 23.5 Å². The number of fused-ring (bicyclic) bond motifs is 2. The molecule has 0 saturated carbocycles. The molecule has 0 radical (unpaired) electrons. The van der Waals surface area contributed by atoms with Crippen LogP contribution in [-0.4, -0.2) is 17.3 Å². The van der Waals surface area contributed by atoms with E-state index >= 15 is 0 Å². The molecule has 0 amide bonds. The number of rotatable bonds is 0. The summed E-state index contributed by atoms with van der Waals surface area (Å²) in [5.41, 5.74) is 4.66. The minimum atomic E-state index is -0.908. The standard InChI is InChI=1S/C25H33ClO2S2/c1-15-11-17(24(3,4)5)21-19(13-15)29-9-10-30-20-14-16(2)12-18(25(6,7)8)22(20)28-23(26)27-21/h11-14,23H,9-10H2,1-8H3. The molecular weight excluding hydrogens is 432 g/mol. The van der Waals surface area contributed by atoms with Gasteiger partial charge in [-0.05, 0) is 59.5 Å². The number of hydrogen-bond donors (Lipinski definition) is 0. The zero-order valence-corrected chi connectivity index (χ0v) is 21.7. The van der Waals surface area contributed by atoms with Crippen molar-refractivity contribution in [2.75, 3.05) is 11.5 Å². The van der Waals surface area contributed by atoms with E-state index in [2.05, 4.69) is 79.7 Å². The molecular formula is C25H33ClO2S2. The molecule has 1 heterocycles. The predicted octanol–water partition coefficient (Wildman–Crippen LogP) is 8.08. The molecule has 30 heavy (non-hydrogen) atoms. The number of hydrogen-bond acceptors (Lipinski definition) is 4. The Labute approximate surface area is 195 Å². The van der Waals surface area contributed by atoms with E-state index in [9.17, 15) is 0 Å². The normalized spacial score (nSPS) is 16.0. The molecule has 0 atom stereocenters. The minimum absolute atomic E-state index is 0.0617. The van der Waals surface area contributed by atoms with Crippen LogP contribution in [0.25, 0.3) is 0 Å². The third-order valence-electron chi connectivity index (χ3n) is 5.03. The van der Waals surface area contributed by atoms with E-state index in [0.717, 1.165) is 43.9 Å². The van der Waals surface area contributed by atoms with Crippen LogP contribution in [0.1, 0.15) is 63.8 Å². The third-order valence-corrected chi connectivity index (χ3v) is 7.52. The molecule has 0 saturated heterocycles. The summed E-state index contributed by atoms with van der Waals surface area (Å²) < 4.78 is 12.6. The van der Waals surface area contributed by atoms with Crippen LogP contribution in [0.4, 0.5) is 0 Å². The van der Waals surface area contributed by atoms with Crippen molar-refractivity contribution in [3.05, 3.63) is 46.5 Å². The molecule has 2 nitrogen and oxygen atoms in total. The first-order valence-electron chi connectivity index (χ1n) is 10.4. The maximum atomic E-state index is 6.69. The fourth-order valence-corrected chi connectivity index (χ4v) is 5.97. The van der Waals surface area contributed by atoms with Gasteiger partial charge in [0.15, 0.2) is 0 Å². The van der Waals surface area contributed by atoms with Gasteiger partial charge in [-0.1, -0.05) is 53.7 Å². The molecule has 1 aliphatic rings. The summed E-state index contributed by atoms with van der Waals surface area (Å²) in [6.07, 6.45) is 0. The van der Waals surface area contributed by atoms with Crippen molar-refractivity contribution in [2.45, 2.75) is 81.8 Å². The third kappa shape index (κ3) is 5.44. The summed E-state index contributed by atoms with van der Waals surface area (Å²) in [7, 11) is 0. The second-order valence-corrected chi connectivity index (χ2v) is 12.6. The smallest absolute Gasteiger partial charge is 0.322 e. The highest BCUT2D eigenvalue weighted by Gasteiger charge is 2.28. The number of thioether (sulfide) groups is 2. The van der Waals surface area contributed by atoms with Gasteiger partial charge in [-0.2, -0.15) is 0 Å². The topological polar surface area (TPSA) is 18.5 Å². The van der Waals surface area contributed by atoms with E-state index in [1.807, 2.05) is 23.5 Å². The fourth-order valence-electron chi connectivity index (χ4n) is 3.56. The molecule has 1 aliphatic heterocycles. The van der Waals surface area contributed by atoms with Gasteiger partial charge >= 0.3 is 5.75 Å². The van der Waals surface area contributed by atoms with E-state index in [1.165, 1.54) is 11.1 Å². The van der Waals surface area contributed by atoms with Gasteiger partial charge in [0.05, 0.1) is 9.79 Å². The Morgan fingerprint density at radius 1 is 0.733 bits per heavy atom. The van der Waals surface area contributed by atoms with Crippen molar-refractivity contribution in [1.29, 1.82) is 0 Å². The molecule has 0 bridgehead atoms. The van der Waals surface area contributed by atoms with E-state index in [4.69, 9.17) is 21.1 Å². The number of alkyl halides is 1. The Kier molecular flexibility index (Phi) is 7.01. The van der Waals surface area contributed by atoms with Gasteiger partial charge in [0.25, 0.3) is 0 Å². The summed E-state index contributed by atoms with van der Waals surface area (Å²) in [6, 6.07) is 8.79. The van der Waals surface area contributed by atoms with E-state index in [-0.39, 0.29) is 10.8 Å². The lowest BCUT2D eigenvalue weighted by Gasteiger charge is -2.29. The molecule has 2 aromatic rings. The monoisotopic (exact) mass is 464 g/mol. The maximum Gasteiger partial charge on any atom is 0.322 e. The van der Waals surface area contributed by atoms with Gasteiger partial charge in [0.2, 0.25) is 0 Å². The minimum Gasteiger partial charge on any atom is -0.440 e. The van der Waals surface area contributed by atoms with Gasteiger partial charge in [0, 0.05) is 22.6 Å². The molecule has 0 unspecified atom stereocenters. The SMILES string of the molecule is Cc1cc2c(c(C(C)(C)C)c1)OC(Cl)Oc1c(cc(C)cc1C(C)(C)C)SCCS2. The zero-order chi connectivity index (χ0) is 22.3.